The van der Waals surface area contributed by atoms with Crippen LogP contribution in [0.1, 0.15) is 27.2 Å². The van der Waals surface area contributed by atoms with E-state index in [2.05, 4.69) is 32.0 Å². The Balaban J connectivity index is 3.26. The number of terminal acetylenes is 1. The van der Waals surface area contributed by atoms with Crippen molar-refractivity contribution < 1.29 is 4.74 Å². The summed E-state index contributed by atoms with van der Waals surface area (Å²) >= 11 is 0. The molecule has 0 fully saturated rings. The molecule has 0 saturated carbocycles. The second-order valence-electron chi connectivity index (χ2n) is 3.34. The van der Waals surface area contributed by atoms with Gasteiger partial charge in [-0.1, -0.05) is 12.8 Å². The summed E-state index contributed by atoms with van der Waals surface area (Å²) in [5.41, 5.74) is -0.00216. The third-order valence-corrected chi connectivity index (χ3v) is 1.85. The van der Waals surface area contributed by atoms with Gasteiger partial charge in [0, 0.05) is 6.54 Å². The van der Waals surface area contributed by atoms with Crippen molar-refractivity contribution in [3.05, 3.63) is 0 Å². The molecule has 0 amide bonds. The van der Waals surface area contributed by atoms with E-state index in [4.69, 9.17) is 11.2 Å². The molecule has 0 heterocycles. The molecule has 2 nitrogen and oxygen atoms in total. The summed E-state index contributed by atoms with van der Waals surface area (Å²) in [6.45, 7) is 8.48. The fourth-order valence-corrected chi connectivity index (χ4v) is 0.662. The highest BCUT2D eigenvalue weighted by molar-refractivity contribution is 4.86. The van der Waals surface area contributed by atoms with Gasteiger partial charge >= 0.3 is 0 Å². The highest BCUT2D eigenvalue weighted by Gasteiger charge is 2.13. The van der Waals surface area contributed by atoms with Gasteiger partial charge in [-0.15, -0.1) is 6.42 Å². The van der Waals surface area contributed by atoms with E-state index >= 15 is 0 Å². The van der Waals surface area contributed by atoms with E-state index in [1.165, 1.54) is 0 Å². The summed E-state index contributed by atoms with van der Waals surface area (Å²) in [5.74, 6) is 2.51. The summed E-state index contributed by atoms with van der Waals surface area (Å²) in [7, 11) is 0. The third-order valence-electron chi connectivity index (χ3n) is 1.85. The van der Waals surface area contributed by atoms with E-state index in [0.29, 0.717) is 6.54 Å². The maximum Gasteiger partial charge on any atom is 0.0624 e. The highest BCUT2D eigenvalue weighted by atomic mass is 16.5. The molecule has 1 N–H and O–H groups in total. The zero-order valence-electron chi connectivity index (χ0n) is 8.31. The van der Waals surface area contributed by atoms with Gasteiger partial charge in [0.25, 0.3) is 0 Å². The Morgan fingerprint density at radius 3 is 2.67 bits per heavy atom. The van der Waals surface area contributed by atoms with Crippen LogP contribution >= 0.6 is 0 Å². The fraction of sp³-hybridized carbons (Fsp3) is 0.800. The van der Waals surface area contributed by atoms with Crippen molar-refractivity contribution >= 4 is 0 Å². The lowest BCUT2D eigenvalue weighted by molar-refractivity contribution is -0.0177. The SMILES string of the molecule is C#CCNCCOC(C)(C)CC. The fourth-order valence-electron chi connectivity index (χ4n) is 0.662. The molecule has 0 bridgehead atoms. The van der Waals surface area contributed by atoms with E-state index in [-0.39, 0.29) is 5.60 Å². The lowest BCUT2D eigenvalue weighted by Gasteiger charge is -2.23. The summed E-state index contributed by atoms with van der Waals surface area (Å²) in [6.07, 6.45) is 6.10. The number of hydrogen-bond acceptors (Lipinski definition) is 2. The maximum absolute atomic E-state index is 5.59. The van der Waals surface area contributed by atoms with Crippen LogP contribution in [0.2, 0.25) is 0 Å². The molecule has 0 saturated heterocycles. The van der Waals surface area contributed by atoms with Crippen LogP contribution in [0.4, 0.5) is 0 Å². The maximum atomic E-state index is 5.59. The van der Waals surface area contributed by atoms with Crippen LogP contribution in [0.15, 0.2) is 0 Å². The summed E-state index contributed by atoms with van der Waals surface area (Å²) < 4.78 is 5.59. The molecule has 0 aliphatic rings. The van der Waals surface area contributed by atoms with Crippen molar-refractivity contribution in [3.8, 4) is 12.3 Å². The number of nitrogens with one attached hydrogen (secondary N) is 1. The second kappa shape index (κ2) is 6.05. The van der Waals surface area contributed by atoms with Gasteiger partial charge in [0.05, 0.1) is 18.8 Å². The Kier molecular flexibility index (Phi) is 5.79. The summed E-state index contributed by atoms with van der Waals surface area (Å²) in [6, 6.07) is 0. The first-order valence-corrected chi connectivity index (χ1v) is 4.40. The first kappa shape index (κ1) is 11.5. The van der Waals surface area contributed by atoms with Crippen molar-refractivity contribution in [1.82, 2.24) is 5.32 Å². The Morgan fingerprint density at radius 2 is 2.17 bits per heavy atom. The van der Waals surface area contributed by atoms with Gasteiger partial charge in [0.15, 0.2) is 0 Å². The standard InChI is InChI=1S/C10H19NO/c1-5-7-11-8-9-12-10(3,4)6-2/h1,11H,6-9H2,2-4H3. The normalized spacial score (nSPS) is 11.2. The van der Waals surface area contributed by atoms with Crippen LogP contribution in [0.5, 0.6) is 0 Å². The minimum Gasteiger partial charge on any atom is -0.374 e. The van der Waals surface area contributed by atoms with Crippen molar-refractivity contribution in [2.75, 3.05) is 19.7 Å². The van der Waals surface area contributed by atoms with Gasteiger partial charge in [0.2, 0.25) is 0 Å². The molecule has 0 radical (unpaired) electrons. The zero-order chi connectivity index (χ0) is 9.45. The topological polar surface area (TPSA) is 21.3 Å². The Morgan fingerprint density at radius 1 is 1.50 bits per heavy atom. The van der Waals surface area contributed by atoms with Crippen molar-refractivity contribution in [1.29, 1.82) is 0 Å². The van der Waals surface area contributed by atoms with Gasteiger partial charge in [-0.2, -0.15) is 0 Å². The molecule has 70 valence electrons. The van der Waals surface area contributed by atoms with E-state index in [9.17, 15) is 0 Å². The molecular weight excluding hydrogens is 150 g/mol. The van der Waals surface area contributed by atoms with Crippen LogP contribution < -0.4 is 5.32 Å². The third kappa shape index (κ3) is 6.21. The first-order chi connectivity index (χ1) is 5.62. The van der Waals surface area contributed by atoms with E-state index in [1.807, 2.05) is 0 Å². The van der Waals surface area contributed by atoms with Crippen LogP contribution in [-0.2, 0) is 4.74 Å². The molecule has 0 rings (SSSR count). The molecule has 0 aromatic carbocycles. The molecule has 0 aromatic rings. The molecule has 12 heavy (non-hydrogen) atoms. The summed E-state index contributed by atoms with van der Waals surface area (Å²) in [5, 5.41) is 3.07. The first-order valence-electron chi connectivity index (χ1n) is 4.40. The Labute approximate surface area is 75.7 Å². The van der Waals surface area contributed by atoms with Gasteiger partial charge in [0.1, 0.15) is 0 Å². The number of hydrogen-bond donors (Lipinski definition) is 1. The van der Waals surface area contributed by atoms with Crippen LogP contribution in [0.3, 0.4) is 0 Å². The van der Waals surface area contributed by atoms with Crippen molar-refractivity contribution in [2.45, 2.75) is 32.8 Å². The molecule has 0 aromatic heterocycles. The van der Waals surface area contributed by atoms with Crippen LogP contribution in [-0.4, -0.2) is 25.3 Å². The quantitative estimate of drug-likeness (QED) is 0.479. The lowest BCUT2D eigenvalue weighted by atomic mass is 10.1. The van der Waals surface area contributed by atoms with Gasteiger partial charge in [-0.3, -0.25) is 0 Å². The predicted octanol–water partition coefficient (Wildman–Crippen LogP) is 1.41. The van der Waals surface area contributed by atoms with Gasteiger partial charge in [-0.25, -0.2) is 0 Å². The minimum absolute atomic E-state index is 0.00216. The van der Waals surface area contributed by atoms with Crippen LogP contribution in [0.25, 0.3) is 0 Å². The largest absolute Gasteiger partial charge is 0.374 e. The molecule has 0 aliphatic carbocycles. The summed E-state index contributed by atoms with van der Waals surface area (Å²) in [4.78, 5) is 0. The zero-order valence-corrected chi connectivity index (χ0v) is 8.31. The van der Waals surface area contributed by atoms with Gasteiger partial charge in [-0.05, 0) is 20.3 Å². The van der Waals surface area contributed by atoms with Crippen molar-refractivity contribution in [3.63, 3.8) is 0 Å². The minimum atomic E-state index is -0.00216. The molecule has 0 unspecified atom stereocenters. The van der Waals surface area contributed by atoms with Crippen molar-refractivity contribution in [2.24, 2.45) is 0 Å². The smallest absolute Gasteiger partial charge is 0.0624 e. The lowest BCUT2D eigenvalue weighted by Crippen LogP contribution is -2.28. The van der Waals surface area contributed by atoms with Crippen LogP contribution in [0, 0.1) is 12.3 Å². The molecule has 0 atom stereocenters. The molecular formula is C10H19NO. The Hall–Kier alpha value is -0.520. The average Bonchev–Trinajstić information content (AvgIpc) is 2.04. The average molecular weight is 169 g/mol. The highest BCUT2D eigenvalue weighted by Crippen LogP contribution is 2.12. The second-order valence-corrected chi connectivity index (χ2v) is 3.34. The number of rotatable bonds is 6. The molecule has 0 aliphatic heterocycles. The molecule has 2 heteroatoms. The monoisotopic (exact) mass is 169 g/mol. The molecule has 0 spiro atoms. The number of ether oxygens (including phenoxy) is 1. The predicted molar refractivity (Wildman–Crippen MR) is 52.0 cm³/mol. The van der Waals surface area contributed by atoms with E-state index < -0.39 is 0 Å². The van der Waals surface area contributed by atoms with Gasteiger partial charge < -0.3 is 10.1 Å². The van der Waals surface area contributed by atoms with E-state index in [1.54, 1.807) is 0 Å². The Bertz CT molecular complexity index is 146. The van der Waals surface area contributed by atoms with E-state index in [0.717, 1.165) is 19.6 Å².